The van der Waals surface area contributed by atoms with Crippen molar-refractivity contribution in [3.63, 3.8) is 0 Å². The maximum Gasteiger partial charge on any atom is 0.430 e. The summed E-state index contributed by atoms with van der Waals surface area (Å²) in [6.45, 7) is 3.64. The van der Waals surface area contributed by atoms with Gasteiger partial charge in [0.25, 0.3) is 11.5 Å². The Morgan fingerprint density at radius 2 is 1.79 bits per heavy atom. The van der Waals surface area contributed by atoms with E-state index in [9.17, 15) is 41.0 Å². The molecule has 4 rings (SSSR count). The van der Waals surface area contributed by atoms with Gasteiger partial charge in [0.15, 0.2) is 5.76 Å². The Kier molecular flexibility index (Phi) is 8.97. The molecule has 8 nitrogen and oxygen atoms in total. The van der Waals surface area contributed by atoms with E-state index in [0.717, 1.165) is 11.0 Å². The first kappa shape index (κ1) is 32.1. The molecule has 0 saturated carbocycles. The van der Waals surface area contributed by atoms with Crippen LogP contribution in [0.15, 0.2) is 41.9 Å². The topological polar surface area (TPSA) is 97.3 Å². The van der Waals surface area contributed by atoms with Crippen LogP contribution in [0.3, 0.4) is 0 Å². The highest BCUT2D eigenvalue weighted by molar-refractivity contribution is 6.07. The SMILES string of the molecule is CCCc1cc(C(O)(C(F)(F)F)C(F)(F)F)ccc1OCC#CCN1C(=O)NC(CC)(C2C=CC3=C(C2)OCCO3)C1=O. The van der Waals surface area contributed by atoms with Gasteiger partial charge in [-0.1, -0.05) is 44.3 Å². The molecule has 2 atom stereocenters. The average molecular weight is 617 g/mol. The number of halogens is 6. The van der Waals surface area contributed by atoms with E-state index in [1.807, 2.05) is 6.08 Å². The summed E-state index contributed by atoms with van der Waals surface area (Å²) in [6, 6.07) is 1.41. The lowest BCUT2D eigenvalue weighted by Gasteiger charge is -2.36. The standard InChI is InChI=1S/C29H30F6N2O6/c1-3-7-18-16-20(27(40,28(30,31)32)29(33,34)35)9-10-21(18)41-13-6-5-12-37-24(38)26(4-2,36-25(37)39)19-8-11-22-23(17-19)43-15-14-42-22/h8-11,16,19,40H,3-4,7,12-15,17H2,1-2H3,(H,36,39). The fraction of sp³-hybridized carbons (Fsp3) is 0.517. The third kappa shape index (κ3) is 5.87. The second-order valence-electron chi connectivity index (χ2n) is 10.2. The minimum atomic E-state index is -6.01. The van der Waals surface area contributed by atoms with Gasteiger partial charge in [-0.15, -0.1) is 0 Å². The molecular weight excluding hydrogens is 586 g/mol. The Labute approximate surface area is 243 Å². The molecule has 2 N–H and O–H groups in total. The fourth-order valence-corrected chi connectivity index (χ4v) is 5.32. The summed E-state index contributed by atoms with van der Waals surface area (Å²) < 4.78 is 96.7. The average Bonchev–Trinajstić information content (AvgIpc) is 3.21. The molecule has 1 aliphatic carbocycles. The predicted octanol–water partition coefficient (Wildman–Crippen LogP) is 4.87. The zero-order valence-corrected chi connectivity index (χ0v) is 23.3. The summed E-state index contributed by atoms with van der Waals surface area (Å²) >= 11 is 0. The number of benzene rings is 1. The summed E-state index contributed by atoms with van der Waals surface area (Å²) in [4.78, 5) is 27.2. The van der Waals surface area contributed by atoms with E-state index in [1.165, 1.54) is 0 Å². The van der Waals surface area contributed by atoms with Crippen LogP contribution in [0.4, 0.5) is 31.1 Å². The van der Waals surface area contributed by atoms with E-state index in [0.29, 0.717) is 56.1 Å². The van der Waals surface area contributed by atoms with Gasteiger partial charge in [-0.05, 0) is 36.6 Å². The lowest BCUT2D eigenvalue weighted by Crippen LogP contribution is -2.53. The number of hydrogen-bond acceptors (Lipinski definition) is 6. The van der Waals surface area contributed by atoms with Gasteiger partial charge >= 0.3 is 18.4 Å². The summed E-state index contributed by atoms with van der Waals surface area (Å²) in [6.07, 6.45) is -7.40. The van der Waals surface area contributed by atoms with Crippen molar-refractivity contribution in [2.45, 2.75) is 63.0 Å². The molecule has 0 bridgehead atoms. The molecule has 0 spiro atoms. The van der Waals surface area contributed by atoms with Gasteiger partial charge in [0, 0.05) is 17.9 Å². The van der Waals surface area contributed by atoms with Crippen molar-refractivity contribution in [3.8, 4) is 17.6 Å². The van der Waals surface area contributed by atoms with Gasteiger partial charge < -0.3 is 24.6 Å². The number of nitrogens with one attached hydrogen (secondary N) is 1. The second kappa shape index (κ2) is 12.0. The number of ether oxygens (including phenoxy) is 3. The number of nitrogens with zero attached hydrogens (tertiary/aromatic N) is 1. The van der Waals surface area contributed by atoms with Gasteiger partial charge in [-0.3, -0.25) is 9.69 Å². The molecule has 0 aromatic heterocycles. The molecule has 234 valence electrons. The van der Waals surface area contributed by atoms with Crippen LogP contribution in [0.25, 0.3) is 0 Å². The minimum Gasteiger partial charge on any atom is -0.490 e. The van der Waals surface area contributed by atoms with Crippen LogP contribution in [0.2, 0.25) is 0 Å². The molecule has 43 heavy (non-hydrogen) atoms. The first-order chi connectivity index (χ1) is 20.2. The largest absolute Gasteiger partial charge is 0.490 e. The predicted molar refractivity (Wildman–Crippen MR) is 139 cm³/mol. The van der Waals surface area contributed by atoms with Crippen molar-refractivity contribution >= 4 is 11.9 Å². The number of carbonyl (C=O) groups is 2. The molecule has 1 aromatic carbocycles. The maximum atomic E-state index is 13.4. The Bertz CT molecular complexity index is 1360. The Hall–Kier alpha value is -3.86. The molecule has 1 saturated heterocycles. The number of rotatable bonds is 8. The molecule has 1 aromatic rings. The van der Waals surface area contributed by atoms with Crippen LogP contribution in [-0.2, 0) is 26.3 Å². The molecule has 14 heteroatoms. The van der Waals surface area contributed by atoms with Gasteiger partial charge in [-0.2, -0.15) is 26.3 Å². The van der Waals surface area contributed by atoms with Crippen molar-refractivity contribution in [2.75, 3.05) is 26.4 Å². The number of urea groups is 1. The third-order valence-electron chi connectivity index (χ3n) is 7.65. The van der Waals surface area contributed by atoms with Crippen molar-refractivity contribution in [3.05, 3.63) is 53.0 Å². The monoisotopic (exact) mass is 616 g/mol. The lowest BCUT2D eigenvalue weighted by atomic mass is 9.77. The number of carbonyl (C=O) groups excluding carboxylic acids is 2. The highest BCUT2D eigenvalue weighted by Crippen LogP contribution is 2.50. The molecule has 0 radical (unpaired) electrons. The number of alkyl halides is 6. The van der Waals surface area contributed by atoms with E-state index >= 15 is 0 Å². The minimum absolute atomic E-state index is 0.0155. The molecule has 3 amide bonds. The van der Waals surface area contributed by atoms with Crippen molar-refractivity contribution in [1.29, 1.82) is 0 Å². The smallest absolute Gasteiger partial charge is 0.430 e. The van der Waals surface area contributed by atoms with Gasteiger partial charge in [0.1, 0.15) is 36.9 Å². The van der Waals surface area contributed by atoms with Crippen LogP contribution in [0.5, 0.6) is 5.75 Å². The number of hydrogen-bond donors (Lipinski definition) is 2. The lowest BCUT2D eigenvalue weighted by molar-refractivity contribution is -0.376. The number of aliphatic hydroxyl groups is 1. The number of aryl methyl sites for hydroxylation is 1. The maximum absolute atomic E-state index is 13.4. The van der Waals surface area contributed by atoms with Crippen LogP contribution >= 0.6 is 0 Å². The van der Waals surface area contributed by atoms with Crippen molar-refractivity contribution in [2.24, 2.45) is 5.92 Å². The second-order valence-corrected chi connectivity index (χ2v) is 10.2. The molecule has 3 aliphatic rings. The van der Waals surface area contributed by atoms with Crippen LogP contribution in [-0.4, -0.2) is 66.2 Å². The number of imide groups is 1. The summed E-state index contributed by atoms with van der Waals surface area (Å²) in [7, 11) is 0. The number of amides is 3. The Balaban J connectivity index is 1.44. The van der Waals surface area contributed by atoms with Gasteiger partial charge in [0.2, 0.25) is 0 Å². The normalized spacial score (nSPS) is 22.3. The van der Waals surface area contributed by atoms with E-state index in [2.05, 4.69) is 17.2 Å². The van der Waals surface area contributed by atoms with E-state index in [4.69, 9.17) is 14.2 Å². The van der Waals surface area contributed by atoms with Crippen LogP contribution in [0, 0.1) is 17.8 Å². The van der Waals surface area contributed by atoms with E-state index in [-0.39, 0.29) is 36.8 Å². The first-order valence-corrected chi connectivity index (χ1v) is 13.6. The zero-order chi connectivity index (χ0) is 31.6. The molecule has 2 unspecified atom stereocenters. The first-order valence-electron chi connectivity index (χ1n) is 13.6. The zero-order valence-electron chi connectivity index (χ0n) is 23.3. The summed E-state index contributed by atoms with van der Waals surface area (Å²) in [5.74, 6) is 5.61. The fourth-order valence-electron chi connectivity index (χ4n) is 5.32. The molecular formula is C29H30F6N2O6. The number of allylic oxidation sites excluding steroid dienone is 2. The highest BCUT2D eigenvalue weighted by Gasteiger charge is 2.71. The molecule has 1 fully saturated rings. The summed E-state index contributed by atoms with van der Waals surface area (Å²) in [5.41, 5.74) is -7.63. The Morgan fingerprint density at radius 1 is 1.09 bits per heavy atom. The molecule has 2 heterocycles. The highest BCUT2D eigenvalue weighted by atomic mass is 19.4. The van der Waals surface area contributed by atoms with E-state index < -0.39 is 41.0 Å². The van der Waals surface area contributed by atoms with Crippen LogP contribution in [0.1, 0.15) is 44.2 Å². The quantitative estimate of drug-likeness (QED) is 0.246. The van der Waals surface area contributed by atoms with Crippen molar-refractivity contribution < 1.29 is 55.2 Å². The molecule has 2 aliphatic heterocycles. The third-order valence-corrected chi connectivity index (χ3v) is 7.65. The van der Waals surface area contributed by atoms with Crippen molar-refractivity contribution in [1.82, 2.24) is 10.2 Å². The van der Waals surface area contributed by atoms with E-state index in [1.54, 1.807) is 19.9 Å². The van der Waals surface area contributed by atoms with Crippen LogP contribution < -0.4 is 10.1 Å². The van der Waals surface area contributed by atoms with Gasteiger partial charge in [-0.25, -0.2) is 4.79 Å². The summed E-state index contributed by atoms with van der Waals surface area (Å²) in [5, 5.41) is 12.5. The Morgan fingerprint density at radius 3 is 2.44 bits per heavy atom. The van der Waals surface area contributed by atoms with Gasteiger partial charge in [0.05, 0.1) is 6.54 Å².